The SMILES string of the molecule is Cc1ccc(C(=O)N2CCCCC2CBr)cc1Br. The molecule has 2 nitrogen and oxygen atoms in total. The summed E-state index contributed by atoms with van der Waals surface area (Å²) in [7, 11) is 0. The Bertz CT molecular complexity index is 447. The second kappa shape index (κ2) is 6.20. The van der Waals surface area contributed by atoms with Gasteiger partial charge in [0.2, 0.25) is 0 Å². The monoisotopic (exact) mass is 373 g/mol. The smallest absolute Gasteiger partial charge is 0.254 e. The molecule has 18 heavy (non-hydrogen) atoms. The maximum Gasteiger partial charge on any atom is 0.254 e. The zero-order valence-electron chi connectivity index (χ0n) is 10.5. The van der Waals surface area contributed by atoms with Crippen LogP contribution in [0.4, 0.5) is 0 Å². The fraction of sp³-hybridized carbons (Fsp3) is 0.500. The molecule has 0 bridgehead atoms. The molecule has 1 saturated heterocycles. The second-order valence-electron chi connectivity index (χ2n) is 4.77. The van der Waals surface area contributed by atoms with Gasteiger partial charge in [0.05, 0.1) is 0 Å². The van der Waals surface area contributed by atoms with E-state index in [-0.39, 0.29) is 5.91 Å². The van der Waals surface area contributed by atoms with E-state index in [0.29, 0.717) is 6.04 Å². The largest absolute Gasteiger partial charge is 0.335 e. The average Bonchev–Trinajstić information content (AvgIpc) is 2.41. The van der Waals surface area contributed by atoms with Crippen molar-refractivity contribution >= 4 is 37.8 Å². The van der Waals surface area contributed by atoms with Crippen molar-refractivity contribution in [2.75, 3.05) is 11.9 Å². The van der Waals surface area contributed by atoms with Gasteiger partial charge in [-0.15, -0.1) is 0 Å². The Balaban J connectivity index is 2.21. The molecule has 4 heteroatoms. The predicted molar refractivity (Wildman–Crippen MR) is 81.3 cm³/mol. The number of amides is 1. The average molecular weight is 375 g/mol. The van der Waals surface area contributed by atoms with Crippen LogP contribution in [0.3, 0.4) is 0 Å². The minimum atomic E-state index is 0.153. The summed E-state index contributed by atoms with van der Waals surface area (Å²) in [5, 5.41) is 0.867. The third-order valence-corrected chi connectivity index (χ3v) is 5.09. The molecule has 2 rings (SSSR count). The summed E-state index contributed by atoms with van der Waals surface area (Å²) in [5.41, 5.74) is 1.93. The Morgan fingerprint density at radius 2 is 2.22 bits per heavy atom. The van der Waals surface area contributed by atoms with Gasteiger partial charge in [0, 0.05) is 28.0 Å². The molecule has 0 spiro atoms. The summed E-state index contributed by atoms with van der Waals surface area (Å²) in [6.07, 6.45) is 3.43. The van der Waals surface area contributed by atoms with E-state index in [1.165, 1.54) is 6.42 Å². The number of rotatable bonds is 2. The van der Waals surface area contributed by atoms with Crippen LogP contribution in [-0.4, -0.2) is 28.7 Å². The highest BCUT2D eigenvalue weighted by atomic mass is 79.9. The van der Waals surface area contributed by atoms with Crippen LogP contribution in [0, 0.1) is 6.92 Å². The second-order valence-corrected chi connectivity index (χ2v) is 6.27. The van der Waals surface area contributed by atoms with Gasteiger partial charge < -0.3 is 4.90 Å². The van der Waals surface area contributed by atoms with Crippen molar-refractivity contribution in [1.82, 2.24) is 4.90 Å². The van der Waals surface area contributed by atoms with Gasteiger partial charge in [-0.1, -0.05) is 37.9 Å². The number of piperidine rings is 1. The summed E-state index contributed by atoms with van der Waals surface area (Å²) in [6, 6.07) is 6.18. The molecule has 0 aliphatic carbocycles. The Hall–Kier alpha value is -0.350. The van der Waals surface area contributed by atoms with Crippen LogP contribution in [0.5, 0.6) is 0 Å². The van der Waals surface area contributed by atoms with Gasteiger partial charge in [0.1, 0.15) is 0 Å². The molecule has 1 aliphatic rings. The molecule has 1 aliphatic heterocycles. The van der Waals surface area contributed by atoms with Crippen molar-refractivity contribution in [3.8, 4) is 0 Å². The van der Waals surface area contributed by atoms with E-state index < -0.39 is 0 Å². The zero-order chi connectivity index (χ0) is 13.1. The topological polar surface area (TPSA) is 20.3 Å². The maximum absolute atomic E-state index is 12.5. The summed E-state index contributed by atoms with van der Waals surface area (Å²) >= 11 is 7.01. The highest BCUT2D eigenvalue weighted by Crippen LogP contribution is 2.23. The molecular formula is C14H17Br2NO. The van der Waals surface area contributed by atoms with E-state index in [1.54, 1.807) is 0 Å². The summed E-state index contributed by atoms with van der Waals surface area (Å²) < 4.78 is 1.00. The number of hydrogen-bond donors (Lipinski definition) is 0. The Morgan fingerprint density at radius 1 is 1.44 bits per heavy atom. The van der Waals surface area contributed by atoms with Gasteiger partial charge in [0.25, 0.3) is 5.91 Å². The normalized spacial score (nSPS) is 19.9. The summed E-state index contributed by atoms with van der Waals surface area (Å²) in [6.45, 7) is 2.90. The van der Waals surface area contributed by atoms with Gasteiger partial charge in [-0.2, -0.15) is 0 Å². The van der Waals surface area contributed by atoms with Crippen LogP contribution in [0.25, 0.3) is 0 Å². The number of hydrogen-bond acceptors (Lipinski definition) is 1. The molecule has 0 aromatic heterocycles. The van der Waals surface area contributed by atoms with Crippen LogP contribution < -0.4 is 0 Å². The van der Waals surface area contributed by atoms with Gasteiger partial charge >= 0.3 is 0 Å². The van der Waals surface area contributed by atoms with Gasteiger partial charge in [0.15, 0.2) is 0 Å². The molecule has 98 valence electrons. The van der Waals surface area contributed by atoms with Gasteiger partial charge in [-0.25, -0.2) is 0 Å². The third-order valence-electron chi connectivity index (χ3n) is 3.48. The lowest BCUT2D eigenvalue weighted by Crippen LogP contribution is -2.44. The third kappa shape index (κ3) is 2.97. The lowest BCUT2D eigenvalue weighted by Gasteiger charge is -2.34. The number of benzene rings is 1. The zero-order valence-corrected chi connectivity index (χ0v) is 13.6. The lowest BCUT2D eigenvalue weighted by atomic mass is 10.0. The highest BCUT2D eigenvalue weighted by molar-refractivity contribution is 9.10. The molecule has 1 aromatic carbocycles. The van der Waals surface area contributed by atoms with Crippen LogP contribution in [0.15, 0.2) is 22.7 Å². The standard InChI is InChI=1S/C14H17Br2NO/c1-10-5-6-11(8-13(10)16)14(18)17-7-3-2-4-12(17)9-15/h5-6,8,12H,2-4,7,9H2,1H3. The molecule has 1 heterocycles. The van der Waals surface area contributed by atoms with Crippen molar-refractivity contribution in [3.63, 3.8) is 0 Å². The minimum absolute atomic E-state index is 0.153. The van der Waals surface area contributed by atoms with Crippen LogP contribution >= 0.6 is 31.9 Å². The number of aryl methyl sites for hydroxylation is 1. The number of halogens is 2. The predicted octanol–water partition coefficient (Wildman–Crippen LogP) is 4.15. The van der Waals surface area contributed by atoms with Crippen molar-refractivity contribution in [2.24, 2.45) is 0 Å². The van der Waals surface area contributed by atoms with Crippen molar-refractivity contribution in [2.45, 2.75) is 32.2 Å². The number of likely N-dealkylation sites (tertiary alicyclic amines) is 1. The Kier molecular flexibility index (Phi) is 4.84. The van der Waals surface area contributed by atoms with E-state index in [4.69, 9.17) is 0 Å². The fourth-order valence-corrected chi connectivity index (χ4v) is 3.37. The molecule has 1 fully saturated rings. The molecule has 0 N–H and O–H groups in total. The van der Waals surface area contributed by atoms with Crippen molar-refractivity contribution in [3.05, 3.63) is 33.8 Å². The van der Waals surface area contributed by atoms with E-state index in [9.17, 15) is 4.79 Å². The first kappa shape index (κ1) is 14.1. The molecule has 1 amide bonds. The van der Waals surface area contributed by atoms with Gasteiger partial charge in [-0.3, -0.25) is 4.79 Å². The van der Waals surface area contributed by atoms with Crippen LogP contribution in [0.1, 0.15) is 35.2 Å². The van der Waals surface area contributed by atoms with Crippen LogP contribution in [-0.2, 0) is 0 Å². The molecule has 0 saturated carbocycles. The summed E-state index contributed by atoms with van der Waals surface area (Å²) in [4.78, 5) is 14.5. The van der Waals surface area contributed by atoms with E-state index >= 15 is 0 Å². The number of nitrogens with zero attached hydrogens (tertiary/aromatic N) is 1. The summed E-state index contributed by atoms with van der Waals surface area (Å²) in [5.74, 6) is 0.153. The van der Waals surface area contributed by atoms with E-state index in [1.807, 2.05) is 30.0 Å². The number of carbonyl (C=O) groups is 1. The molecule has 1 aromatic rings. The van der Waals surface area contributed by atoms with Crippen LogP contribution in [0.2, 0.25) is 0 Å². The fourth-order valence-electron chi connectivity index (χ4n) is 2.32. The quantitative estimate of drug-likeness (QED) is 0.712. The van der Waals surface area contributed by atoms with Crippen molar-refractivity contribution in [1.29, 1.82) is 0 Å². The lowest BCUT2D eigenvalue weighted by molar-refractivity contribution is 0.0642. The first-order chi connectivity index (χ1) is 8.63. The first-order valence-corrected chi connectivity index (χ1v) is 8.18. The molecule has 0 radical (unpaired) electrons. The van der Waals surface area contributed by atoms with E-state index in [2.05, 4.69) is 31.9 Å². The molecular weight excluding hydrogens is 358 g/mol. The maximum atomic E-state index is 12.5. The first-order valence-electron chi connectivity index (χ1n) is 6.26. The Labute approximate surface area is 125 Å². The minimum Gasteiger partial charge on any atom is -0.335 e. The highest BCUT2D eigenvalue weighted by Gasteiger charge is 2.26. The van der Waals surface area contributed by atoms with Gasteiger partial charge in [-0.05, 0) is 43.9 Å². The number of alkyl halides is 1. The molecule has 1 atom stereocenters. The molecule has 1 unspecified atom stereocenters. The Morgan fingerprint density at radius 3 is 2.89 bits per heavy atom. The van der Waals surface area contributed by atoms with Crippen molar-refractivity contribution < 1.29 is 4.79 Å². The number of carbonyl (C=O) groups excluding carboxylic acids is 1. The van der Waals surface area contributed by atoms with E-state index in [0.717, 1.165) is 40.3 Å².